The van der Waals surface area contributed by atoms with Gasteiger partial charge in [-0.15, -0.1) is 0 Å². The smallest absolute Gasteiger partial charge is 0.0456 e. The molecule has 1 aliphatic rings. The van der Waals surface area contributed by atoms with Gasteiger partial charge in [0.15, 0.2) is 0 Å². The summed E-state index contributed by atoms with van der Waals surface area (Å²) in [7, 11) is 0. The standard InChI is InChI=1S/C11H23NOS/c1-10(9-13)3-2-6-12-11-4-7-14-8-5-11/h10-13H,2-9H2,1H3. The number of nitrogens with one attached hydrogen (secondary N) is 1. The van der Waals surface area contributed by atoms with Gasteiger partial charge in [0.05, 0.1) is 0 Å². The number of hydrogen-bond donors (Lipinski definition) is 2. The molecule has 1 atom stereocenters. The molecule has 1 unspecified atom stereocenters. The lowest BCUT2D eigenvalue weighted by molar-refractivity contribution is 0.227. The largest absolute Gasteiger partial charge is 0.396 e. The zero-order chi connectivity index (χ0) is 10.2. The van der Waals surface area contributed by atoms with Crippen molar-refractivity contribution < 1.29 is 5.11 Å². The summed E-state index contributed by atoms with van der Waals surface area (Å²) in [6.45, 7) is 3.57. The minimum Gasteiger partial charge on any atom is -0.396 e. The summed E-state index contributed by atoms with van der Waals surface area (Å²) in [6.07, 6.45) is 5.01. The highest BCUT2D eigenvalue weighted by molar-refractivity contribution is 7.99. The maximum absolute atomic E-state index is 8.86. The van der Waals surface area contributed by atoms with Crippen molar-refractivity contribution in [3.05, 3.63) is 0 Å². The first-order valence-corrected chi connectivity index (χ1v) is 6.90. The van der Waals surface area contributed by atoms with E-state index in [0.29, 0.717) is 12.5 Å². The predicted octanol–water partition coefficient (Wildman–Crippen LogP) is 1.88. The first kappa shape index (κ1) is 12.3. The van der Waals surface area contributed by atoms with E-state index in [-0.39, 0.29) is 0 Å². The van der Waals surface area contributed by atoms with Crippen LogP contribution < -0.4 is 5.32 Å². The number of rotatable bonds is 6. The Balaban J connectivity index is 1.92. The van der Waals surface area contributed by atoms with E-state index in [4.69, 9.17) is 5.11 Å². The number of hydrogen-bond acceptors (Lipinski definition) is 3. The van der Waals surface area contributed by atoms with Gasteiger partial charge in [0.2, 0.25) is 0 Å². The molecule has 2 N–H and O–H groups in total. The first-order chi connectivity index (χ1) is 6.83. The molecule has 84 valence electrons. The van der Waals surface area contributed by atoms with Crippen LogP contribution in [-0.2, 0) is 0 Å². The van der Waals surface area contributed by atoms with Crippen molar-refractivity contribution in [2.45, 2.75) is 38.6 Å². The van der Waals surface area contributed by atoms with Gasteiger partial charge in [-0.05, 0) is 49.7 Å². The third-order valence-corrected chi connectivity index (χ3v) is 3.89. The molecule has 0 bridgehead atoms. The molecule has 0 spiro atoms. The quantitative estimate of drug-likeness (QED) is 0.666. The van der Waals surface area contributed by atoms with Gasteiger partial charge in [-0.3, -0.25) is 0 Å². The Bertz CT molecular complexity index is 137. The van der Waals surface area contributed by atoms with Crippen LogP contribution in [0.3, 0.4) is 0 Å². The molecule has 0 aromatic carbocycles. The third-order valence-electron chi connectivity index (χ3n) is 2.84. The molecular formula is C11H23NOS. The van der Waals surface area contributed by atoms with Gasteiger partial charge >= 0.3 is 0 Å². The van der Waals surface area contributed by atoms with E-state index in [9.17, 15) is 0 Å². The molecule has 1 aliphatic heterocycles. The van der Waals surface area contributed by atoms with Crippen molar-refractivity contribution in [1.29, 1.82) is 0 Å². The van der Waals surface area contributed by atoms with Crippen LogP contribution in [0.4, 0.5) is 0 Å². The molecule has 0 aromatic heterocycles. The van der Waals surface area contributed by atoms with Crippen molar-refractivity contribution >= 4 is 11.8 Å². The molecule has 0 aliphatic carbocycles. The van der Waals surface area contributed by atoms with E-state index < -0.39 is 0 Å². The summed E-state index contributed by atoms with van der Waals surface area (Å²) in [4.78, 5) is 0. The minimum atomic E-state index is 0.333. The highest BCUT2D eigenvalue weighted by atomic mass is 32.2. The number of aliphatic hydroxyl groups excluding tert-OH is 1. The fourth-order valence-electron chi connectivity index (χ4n) is 1.75. The maximum atomic E-state index is 8.86. The monoisotopic (exact) mass is 217 g/mol. The third kappa shape index (κ3) is 5.23. The van der Waals surface area contributed by atoms with Gasteiger partial charge in [-0.25, -0.2) is 0 Å². The zero-order valence-electron chi connectivity index (χ0n) is 9.17. The molecule has 1 saturated heterocycles. The average molecular weight is 217 g/mol. The van der Waals surface area contributed by atoms with Crippen molar-refractivity contribution in [3.63, 3.8) is 0 Å². The fourth-order valence-corrected chi connectivity index (χ4v) is 2.86. The summed E-state index contributed by atoms with van der Waals surface area (Å²) in [5.74, 6) is 3.12. The highest BCUT2D eigenvalue weighted by Gasteiger charge is 2.12. The molecule has 0 amide bonds. The van der Waals surface area contributed by atoms with Crippen LogP contribution in [0.2, 0.25) is 0 Å². The van der Waals surface area contributed by atoms with E-state index in [1.165, 1.54) is 30.8 Å². The molecule has 1 rings (SSSR count). The van der Waals surface area contributed by atoms with Gasteiger partial charge in [-0.1, -0.05) is 6.92 Å². The first-order valence-electron chi connectivity index (χ1n) is 5.75. The molecule has 3 heteroatoms. The Hall–Kier alpha value is 0.270. The average Bonchev–Trinajstić information content (AvgIpc) is 2.25. The number of thioether (sulfide) groups is 1. The van der Waals surface area contributed by atoms with Crippen LogP contribution in [0.5, 0.6) is 0 Å². The molecule has 0 radical (unpaired) electrons. The number of aliphatic hydroxyl groups is 1. The van der Waals surface area contributed by atoms with Crippen LogP contribution >= 0.6 is 11.8 Å². The summed E-state index contributed by atoms with van der Waals surface area (Å²) < 4.78 is 0. The van der Waals surface area contributed by atoms with Gasteiger partial charge in [0.25, 0.3) is 0 Å². The summed E-state index contributed by atoms with van der Waals surface area (Å²) in [5.41, 5.74) is 0. The molecule has 0 saturated carbocycles. The Morgan fingerprint density at radius 1 is 1.43 bits per heavy atom. The van der Waals surface area contributed by atoms with Gasteiger partial charge in [-0.2, -0.15) is 11.8 Å². The molecule has 2 nitrogen and oxygen atoms in total. The topological polar surface area (TPSA) is 32.3 Å². The second-order valence-corrected chi connectivity index (χ2v) is 5.50. The molecule has 14 heavy (non-hydrogen) atoms. The Morgan fingerprint density at radius 2 is 2.14 bits per heavy atom. The highest BCUT2D eigenvalue weighted by Crippen LogP contribution is 2.16. The lowest BCUT2D eigenvalue weighted by Gasteiger charge is -2.22. The maximum Gasteiger partial charge on any atom is 0.0456 e. The van der Waals surface area contributed by atoms with Crippen LogP contribution in [0.1, 0.15) is 32.6 Å². The minimum absolute atomic E-state index is 0.333. The summed E-state index contributed by atoms with van der Waals surface area (Å²) >= 11 is 2.07. The zero-order valence-corrected chi connectivity index (χ0v) is 9.98. The Kier molecular flexibility index (Phi) is 6.65. The molecule has 0 aromatic rings. The van der Waals surface area contributed by atoms with Gasteiger partial charge < -0.3 is 10.4 Å². The Morgan fingerprint density at radius 3 is 2.79 bits per heavy atom. The fraction of sp³-hybridized carbons (Fsp3) is 1.00. The predicted molar refractivity (Wildman–Crippen MR) is 63.8 cm³/mol. The SMILES string of the molecule is CC(CO)CCCNC1CCSCC1. The van der Waals surface area contributed by atoms with Crippen LogP contribution in [0, 0.1) is 5.92 Å². The van der Waals surface area contributed by atoms with E-state index in [1.807, 2.05) is 0 Å². The lowest BCUT2D eigenvalue weighted by atomic mass is 10.1. The van der Waals surface area contributed by atoms with E-state index in [2.05, 4.69) is 24.0 Å². The van der Waals surface area contributed by atoms with Gasteiger partial charge in [0.1, 0.15) is 0 Å². The van der Waals surface area contributed by atoms with E-state index >= 15 is 0 Å². The van der Waals surface area contributed by atoms with Crippen molar-refractivity contribution in [1.82, 2.24) is 5.32 Å². The normalized spacial score (nSPS) is 21.0. The second kappa shape index (κ2) is 7.55. The van der Waals surface area contributed by atoms with Crippen molar-refractivity contribution in [2.24, 2.45) is 5.92 Å². The van der Waals surface area contributed by atoms with Gasteiger partial charge in [0, 0.05) is 12.6 Å². The van der Waals surface area contributed by atoms with Crippen molar-refractivity contribution in [3.8, 4) is 0 Å². The van der Waals surface area contributed by atoms with Crippen LogP contribution in [0.15, 0.2) is 0 Å². The van der Waals surface area contributed by atoms with Crippen LogP contribution in [-0.4, -0.2) is 35.8 Å². The molecule has 1 heterocycles. The van der Waals surface area contributed by atoms with E-state index in [0.717, 1.165) is 19.0 Å². The Labute approximate surface area is 91.9 Å². The second-order valence-electron chi connectivity index (χ2n) is 4.27. The van der Waals surface area contributed by atoms with Crippen molar-refractivity contribution in [2.75, 3.05) is 24.7 Å². The van der Waals surface area contributed by atoms with Crippen LogP contribution in [0.25, 0.3) is 0 Å². The summed E-state index contributed by atoms with van der Waals surface area (Å²) in [5, 5.41) is 12.5. The molecule has 1 fully saturated rings. The van der Waals surface area contributed by atoms with E-state index in [1.54, 1.807) is 0 Å². The molecular weight excluding hydrogens is 194 g/mol. The summed E-state index contributed by atoms with van der Waals surface area (Å²) in [6, 6.07) is 0.765. The lowest BCUT2D eigenvalue weighted by Crippen LogP contribution is -2.33.